The van der Waals surface area contributed by atoms with E-state index in [1.807, 2.05) is 13.0 Å². The third-order valence-corrected chi connectivity index (χ3v) is 2.81. The maximum absolute atomic E-state index is 10.8. The van der Waals surface area contributed by atoms with Crippen molar-refractivity contribution in [2.45, 2.75) is 13.0 Å². The quantitative estimate of drug-likeness (QED) is 0.679. The van der Waals surface area contributed by atoms with Crippen LogP contribution in [0, 0.1) is 21.4 Å². The molecule has 1 unspecified atom stereocenters. The lowest BCUT2D eigenvalue weighted by Crippen LogP contribution is -2.08. The largest absolute Gasteiger partial charge is 0.364 e. The van der Waals surface area contributed by atoms with Crippen molar-refractivity contribution in [2.24, 2.45) is 0 Å². The fourth-order valence-corrected chi connectivity index (χ4v) is 1.79. The number of benzene rings is 1. The van der Waals surface area contributed by atoms with E-state index < -0.39 is 4.92 Å². The van der Waals surface area contributed by atoms with Crippen LogP contribution in [0.15, 0.2) is 42.5 Å². The average Bonchev–Trinajstić information content (AvgIpc) is 2.47. The Bertz CT molecular complexity index is 679. The van der Waals surface area contributed by atoms with Crippen LogP contribution in [0.4, 0.5) is 11.5 Å². The lowest BCUT2D eigenvalue weighted by Gasteiger charge is -2.14. The molecule has 2 aromatic rings. The number of non-ortho nitro benzene ring substituents is 1. The second kappa shape index (κ2) is 5.80. The van der Waals surface area contributed by atoms with E-state index in [-0.39, 0.29) is 11.7 Å². The Kier molecular flexibility index (Phi) is 3.91. The second-order valence-electron chi connectivity index (χ2n) is 4.24. The van der Waals surface area contributed by atoms with Crippen molar-refractivity contribution in [3.05, 3.63) is 63.8 Å². The van der Waals surface area contributed by atoms with Crippen LogP contribution in [0.25, 0.3) is 0 Å². The van der Waals surface area contributed by atoms with E-state index in [9.17, 15) is 10.1 Å². The highest BCUT2D eigenvalue weighted by Crippen LogP contribution is 2.22. The van der Waals surface area contributed by atoms with Crippen molar-refractivity contribution in [1.82, 2.24) is 4.98 Å². The maximum atomic E-state index is 10.8. The van der Waals surface area contributed by atoms with Crippen LogP contribution >= 0.6 is 0 Å². The Morgan fingerprint density at radius 3 is 2.80 bits per heavy atom. The normalized spacial score (nSPS) is 11.4. The molecule has 0 radical (unpaired) electrons. The average molecular weight is 268 g/mol. The molecular formula is C14H12N4O2. The summed E-state index contributed by atoms with van der Waals surface area (Å²) in [6.45, 7) is 1.87. The van der Waals surface area contributed by atoms with Crippen molar-refractivity contribution in [3.8, 4) is 6.07 Å². The monoisotopic (exact) mass is 268 g/mol. The lowest BCUT2D eigenvalue weighted by molar-refractivity contribution is -0.384. The Labute approximate surface area is 115 Å². The second-order valence-corrected chi connectivity index (χ2v) is 4.24. The summed E-state index contributed by atoms with van der Waals surface area (Å²) in [4.78, 5) is 14.4. The Morgan fingerprint density at radius 1 is 1.35 bits per heavy atom. The van der Waals surface area contributed by atoms with Gasteiger partial charge in [0.25, 0.3) is 5.69 Å². The van der Waals surface area contributed by atoms with E-state index in [1.54, 1.807) is 30.3 Å². The molecule has 1 atom stereocenters. The van der Waals surface area contributed by atoms with E-state index in [0.717, 1.165) is 5.56 Å². The molecule has 6 nitrogen and oxygen atoms in total. The van der Waals surface area contributed by atoms with E-state index in [2.05, 4.69) is 10.3 Å². The lowest BCUT2D eigenvalue weighted by atomic mass is 10.1. The summed E-state index contributed by atoms with van der Waals surface area (Å²) in [5, 5.41) is 22.7. The van der Waals surface area contributed by atoms with Crippen molar-refractivity contribution in [2.75, 3.05) is 5.32 Å². The summed E-state index contributed by atoms with van der Waals surface area (Å²) < 4.78 is 0. The molecule has 20 heavy (non-hydrogen) atoms. The molecule has 0 bridgehead atoms. The first-order valence-electron chi connectivity index (χ1n) is 5.98. The number of nitro benzene ring substituents is 1. The summed E-state index contributed by atoms with van der Waals surface area (Å²) in [6.07, 6.45) is 0. The van der Waals surface area contributed by atoms with Gasteiger partial charge in [0.05, 0.1) is 11.0 Å². The van der Waals surface area contributed by atoms with Gasteiger partial charge in [-0.25, -0.2) is 4.98 Å². The van der Waals surface area contributed by atoms with Crippen LogP contribution in [-0.4, -0.2) is 9.91 Å². The zero-order valence-electron chi connectivity index (χ0n) is 10.8. The highest BCUT2D eigenvalue weighted by atomic mass is 16.6. The summed E-state index contributed by atoms with van der Waals surface area (Å²) >= 11 is 0. The van der Waals surface area contributed by atoms with Crippen LogP contribution in [-0.2, 0) is 0 Å². The number of anilines is 1. The molecule has 0 aliphatic carbocycles. The molecular weight excluding hydrogens is 256 g/mol. The van der Waals surface area contributed by atoms with Gasteiger partial charge in [0.2, 0.25) is 0 Å². The predicted molar refractivity (Wildman–Crippen MR) is 74.1 cm³/mol. The van der Waals surface area contributed by atoms with Gasteiger partial charge in [-0.2, -0.15) is 5.26 Å². The first-order valence-corrected chi connectivity index (χ1v) is 5.98. The van der Waals surface area contributed by atoms with Gasteiger partial charge < -0.3 is 5.32 Å². The van der Waals surface area contributed by atoms with E-state index >= 15 is 0 Å². The smallest absolute Gasteiger partial charge is 0.269 e. The maximum Gasteiger partial charge on any atom is 0.269 e. The van der Waals surface area contributed by atoms with Gasteiger partial charge in [0, 0.05) is 12.1 Å². The molecule has 0 aliphatic heterocycles. The van der Waals surface area contributed by atoms with Crippen molar-refractivity contribution in [3.63, 3.8) is 0 Å². The third kappa shape index (κ3) is 3.09. The van der Waals surface area contributed by atoms with Gasteiger partial charge in [-0.15, -0.1) is 0 Å². The van der Waals surface area contributed by atoms with Gasteiger partial charge in [-0.05, 0) is 24.6 Å². The van der Waals surface area contributed by atoms with Gasteiger partial charge in [-0.3, -0.25) is 10.1 Å². The Balaban J connectivity index is 2.19. The molecule has 0 spiro atoms. The van der Waals surface area contributed by atoms with E-state index in [4.69, 9.17) is 5.26 Å². The van der Waals surface area contributed by atoms with Gasteiger partial charge in [0.15, 0.2) is 0 Å². The molecule has 0 fully saturated rings. The topological polar surface area (TPSA) is 91.8 Å². The molecule has 100 valence electrons. The number of hydrogen-bond donors (Lipinski definition) is 1. The minimum atomic E-state index is -0.426. The molecule has 0 saturated heterocycles. The number of nitrogens with one attached hydrogen (secondary N) is 1. The van der Waals surface area contributed by atoms with Crippen LogP contribution in [0.3, 0.4) is 0 Å². The first kappa shape index (κ1) is 13.5. The molecule has 2 rings (SSSR count). The van der Waals surface area contributed by atoms with Crippen LogP contribution in [0.5, 0.6) is 0 Å². The molecule has 1 aromatic heterocycles. The number of rotatable bonds is 4. The molecule has 1 aromatic carbocycles. The summed E-state index contributed by atoms with van der Waals surface area (Å²) in [5.74, 6) is 0.558. The van der Waals surface area contributed by atoms with Crippen LogP contribution in [0.1, 0.15) is 24.2 Å². The number of nitro groups is 1. The van der Waals surface area contributed by atoms with Crippen molar-refractivity contribution < 1.29 is 4.92 Å². The summed E-state index contributed by atoms with van der Waals surface area (Å²) in [7, 11) is 0. The fraction of sp³-hybridized carbons (Fsp3) is 0.143. The summed E-state index contributed by atoms with van der Waals surface area (Å²) in [6, 6.07) is 13.3. The molecule has 6 heteroatoms. The molecule has 0 aliphatic rings. The van der Waals surface area contributed by atoms with Crippen LogP contribution < -0.4 is 5.32 Å². The Morgan fingerprint density at radius 2 is 2.10 bits per heavy atom. The molecule has 1 N–H and O–H groups in total. The predicted octanol–water partition coefficient (Wildman–Crippen LogP) is 3.03. The standard InChI is InChI=1S/C14H12N4O2/c1-10(11-4-2-6-13(8-11)18(19)20)16-14-7-3-5-12(9-15)17-14/h2-8,10H,1H3,(H,16,17). The SMILES string of the molecule is CC(Nc1cccc(C#N)n1)c1cccc([N+](=O)[O-])c1. The van der Waals surface area contributed by atoms with Gasteiger partial charge in [-0.1, -0.05) is 18.2 Å². The minimum absolute atomic E-state index is 0.0508. The minimum Gasteiger partial charge on any atom is -0.364 e. The number of aromatic nitrogens is 1. The van der Waals surface area contributed by atoms with Gasteiger partial charge in [0.1, 0.15) is 17.6 Å². The van der Waals surface area contributed by atoms with Gasteiger partial charge >= 0.3 is 0 Å². The number of nitriles is 1. The fourth-order valence-electron chi connectivity index (χ4n) is 1.79. The molecule has 1 heterocycles. The molecule has 0 amide bonds. The zero-order chi connectivity index (χ0) is 14.5. The first-order chi connectivity index (χ1) is 9.60. The third-order valence-electron chi connectivity index (χ3n) is 2.81. The summed E-state index contributed by atoms with van der Waals surface area (Å²) in [5.41, 5.74) is 1.15. The van der Waals surface area contributed by atoms with Crippen molar-refractivity contribution >= 4 is 11.5 Å². The van der Waals surface area contributed by atoms with E-state index in [1.165, 1.54) is 12.1 Å². The highest BCUT2D eigenvalue weighted by Gasteiger charge is 2.11. The molecule has 0 saturated carbocycles. The Hall–Kier alpha value is -2.94. The van der Waals surface area contributed by atoms with E-state index in [0.29, 0.717) is 11.5 Å². The number of nitrogens with zero attached hydrogens (tertiary/aromatic N) is 3. The van der Waals surface area contributed by atoms with Crippen molar-refractivity contribution in [1.29, 1.82) is 5.26 Å². The number of pyridine rings is 1. The number of hydrogen-bond acceptors (Lipinski definition) is 5. The van der Waals surface area contributed by atoms with Crippen LogP contribution in [0.2, 0.25) is 0 Å². The highest BCUT2D eigenvalue weighted by molar-refractivity contribution is 5.43. The zero-order valence-corrected chi connectivity index (χ0v) is 10.8.